The van der Waals surface area contributed by atoms with Crippen molar-refractivity contribution in [3.05, 3.63) is 0 Å². The van der Waals surface area contributed by atoms with E-state index in [2.05, 4.69) is 0 Å². The van der Waals surface area contributed by atoms with E-state index < -0.39 is 18.5 Å². The maximum atomic E-state index is 8.44. The molecule has 0 bridgehead atoms. The van der Waals surface area contributed by atoms with Crippen molar-refractivity contribution in [2.75, 3.05) is 0 Å². The van der Waals surface area contributed by atoms with Crippen LogP contribution in [0.25, 0.3) is 0 Å². The molecule has 0 atom stereocenters. The second-order valence-electron chi connectivity index (χ2n) is 0.766. The average molecular weight is 392 g/mol. The Bertz CT molecular complexity index is 142. The van der Waals surface area contributed by atoms with Crippen molar-refractivity contribution in [1.82, 2.24) is 0 Å². The van der Waals surface area contributed by atoms with Gasteiger partial charge in [-0.3, -0.25) is 0 Å². The summed E-state index contributed by atoms with van der Waals surface area (Å²) in [5, 5.41) is 48.6. The van der Waals surface area contributed by atoms with Gasteiger partial charge >= 0.3 is 272 Å². The van der Waals surface area contributed by atoms with Crippen LogP contribution < -0.4 is 298 Å². The van der Waals surface area contributed by atoms with Gasteiger partial charge in [0.05, 0.1) is 0 Å². The van der Waals surface area contributed by atoms with Crippen LogP contribution in [0.15, 0.2) is 0 Å². The fourth-order valence-electron chi connectivity index (χ4n) is 0. The van der Waals surface area contributed by atoms with E-state index in [1.807, 2.05) is 0 Å². The molecule has 0 heterocycles. The van der Waals surface area contributed by atoms with Crippen LogP contribution >= 0.6 is 0 Å². The SMILES string of the molecule is O=C([O-])O.O=C([O-])[O-].O=C([O-])[O-].[H-].[H-].[K+].[K+].[K+].[Na+].[Na+].[Na+].[Na+]. The quantitative estimate of drug-likeness (QED) is 0.390. The van der Waals surface area contributed by atoms with Gasteiger partial charge in [-0.25, -0.2) is 0 Å². The summed E-state index contributed by atoms with van der Waals surface area (Å²) in [6.45, 7) is 0. The van der Waals surface area contributed by atoms with Gasteiger partial charge in [-0.05, 0) is 12.3 Å². The van der Waals surface area contributed by atoms with Crippen LogP contribution in [0.1, 0.15) is 2.85 Å². The van der Waals surface area contributed by atoms with Crippen LogP contribution in [-0.4, -0.2) is 23.6 Å². The molecule has 1 N–H and O–H groups in total. The van der Waals surface area contributed by atoms with E-state index in [1.54, 1.807) is 0 Å². The maximum Gasteiger partial charge on any atom is 1.00 e. The van der Waals surface area contributed by atoms with Gasteiger partial charge in [-0.2, -0.15) is 0 Å². The minimum absolute atomic E-state index is 0. The van der Waals surface area contributed by atoms with Crippen molar-refractivity contribution in [1.29, 1.82) is 0 Å². The molecule has 16 heteroatoms. The van der Waals surface area contributed by atoms with Crippen molar-refractivity contribution in [2.45, 2.75) is 0 Å². The zero-order valence-corrected chi connectivity index (χ0v) is 29.6. The number of hydrogen-bond acceptors (Lipinski definition) is 8. The van der Waals surface area contributed by atoms with Gasteiger partial charge in [0.1, 0.15) is 0 Å². The van der Waals surface area contributed by atoms with E-state index in [0.29, 0.717) is 0 Å². The molecule has 0 aliphatic rings. The van der Waals surface area contributed by atoms with E-state index in [4.69, 9.17) is 45.0 Å². The number of carbonyl (C=O) groups excluding carboxylic acids is 2. The first-order chi connectivity index (χ1) is 5.20. The molecular formula is C3H3K3Na4O9. The first kappa shape index (κ1) is 63.6. The third-order valence-corrected chi connectivity index (χ3v) is 0. The number of rotatable bonds is 0. The van der Waals surface area contributed by atoms with Crippen LogP contribution in [0, 0.1) is 0 Å². The van der Waals surface area contributed by atoms with E-state index in [9.17, 15) is 0 Å². The van der Waals surface area contributed by atoms with E-state index in [1.165, 1.54) is 0 Å². The molecule has 0 rings (SSSR count). The van der Waals surface area contributed by atoms with Crippen LogP contribution in [0.5, 0.6) is 0 Å². The monoisotopic (exact) mass is 392 g/mol. The molecule has 0 aliphatic heterocycles. The number of hydrogen-bond donors (Lipinski definition) is 1. The fourth-order valence-corrected chi connectivity index (χ4v) is 0. The van der Waals surface area contributed by atoms with Gasteiger partial charge in [-0.1, -0.05) is 0 Å². The molecule has 0 aromatic rings. The molecule has 0 aromatic heterocycles. The summed E-state index contributed by atoms with van der Waals surface area (Å²) in [5.74, 6) is 0. The molecule has 9 nitrogen and oxygen atoms in total. The molecule has 0 radical (unpaired) electrons. The Hall–Kier alpha value is 6.72. The first-order valence-corrected chi connectivity index (χ1v) is 1.86. The molecular weight excluding hydrogens is 389 g/mol. The molecule has 0 spiro atoms. The third kappa shape index (κ3) is 283. The summed E-state index contributed by atoms with van der Waals surface area (Å²) in [7, 11) is 0. The summed E-state index contributed by atoms with van der Waals surface area (Å²) in [5.41, 5.74) is 0. The summed E-state index contributed by atoms with van der Waals surface area (Å²) >= 11 is 0. The summed E-state index contributed by atoms with van der Waals surface area (Å²) in [6.07, 6.45) is -6.75. The van der Waals surface area contributed by atoms with Gasteiger partial charge in [-0.15, -0.1) is 0 Å². The second-order valence-corrected chi connectivity index (χ2v) is 0.766. The predicted molar refractivity (Wildman–Crippen MR) is 21.0 cm³/mol. The average Bonchev–Trinajstić information content (AvgIpc) is 1.54. The second kappa shape index (κ2) is 56.3. The summed E-state index contributed by atoms with van der Waals surface area (Å²) in [6, 6.07) is 0. The Kier molecular flexibility index (Phi) is 188. The van der Waals surface area contributed by atoms with Gasteiger partial charge < -0.3 is 47.9 Å². The van der Waals surface area contributed by atoms with Crippen LogP contribution in [-0.2, 0) is 0 Å². The van der Waals surface area contributed by atoms with Crippen molar-refractivity contribution >= 4 is 18.5 Å². The summed E-state index contributed by atoms with van der Waals surface area (Å²) in [4.78, 5) is 25.1. The number of carbonyl (C=O) groups is 3. The Morgan fingerprint density at radius 3 is 0.632 bits per heavy atom. The molecule has 0 amide bonds. The van der Waals surface area contributed by atoms with Gasteiger partial charge in [0.2, 0.25) is 6.16 Å². The van der Waals surface area contributed by atoms with Crippen molar-refractivity contribution in [3.63, 3.8) is 0 Å². The third-order valence-electron chi connectivity index (χ3n) is 0. The van der Waals surface area contributed by atoms with Crippen molar-refractivity contribution < 1.29 is 320 Å². The normalized spacial score (nSPS) is 3.79. The van der Waals surface area contributed by atoms with Gasteiger partial charge in [0.15, 0.2) is 0 Å². The smallest absolute Gasteiger partial charge is 1.00 e. The predicted octanol–water partition coefficient (Wildman–Crippen LogP) is -26.8. The van der Waals surface area contributed by atoms with Crippen LogP contribution in [0.2, 0.25) is 0 Å². The van der Waals surface area contributed by atoms with Gasteiger partial charge in [0, 0.05) is 0 Å². The molecule has 0 unspecified atom stereocenters. The van der Waals surface area contributed by atoms with Crippen molar-refractivity contribution in [3.8, 4) is 0 Å². The van der Waals surface area contributed by atoms with Gasteiger partial charge in [0.25, 0.3) is 0 Å². The Morgan fingerprint density at radius 2 is 0.632 bits per heavy atom. The Morgan fingerprint density at radius 1 is 0.632 bits per heavy atom. The Labute approximate surface area is 328 Å². The molecule has 0 aliphatic carbocycles. The van der Waals surface area contributed by atoms with E-state index in [0.717, 1.165) is 0 Å². The Balaban J connectivity index is -0.00000000476. The van der Waals surface area contributed by atoms with Crippen LogP contribution in [0.3, 0.4) is 0 Å². The molecule has 0 saturated heterocycles. The number of carboxylic acid groups (broad SMARTS) is 6. The molecule has 0 aromatic carbocycles. The zero-order chi connectivity index (χ0) is 10.7. The molecule has 0 fully saturated rings. The molecule has 76 valence electrons. The first-order valence-electron chi connectivity index (χ1n) is 1.86. The van der Waals surface area contributed by atoms with E-state index >= 15 is 0 Å². The fraction of sp³-hybridized carbons (Fsp3) is 0. The minimum Gasteiger partial charge on any atom is -1.00 e. The molecule has 0 saturated carbocycles. The zero-order valence-electron chi connectivity index (χ0n) is 14.2. The largest absolute Gasteiger partial charge is 1.00 e. The van der Waals surface area contributed by atoms with Crippen molar-refractivity contribution in [2.24, 2.45) is 0 Å². The summed E-state index contributed by atoms with van der Waals surface area (Å²) < 4.78 is 0. The maximum absolute atomic E-state index is 8.44. The van der Waals surface area contributed by atoms with Crippen LogP contribution in [0.4, 0.5) is 14.4 Å². The molecule has 19 heavy (non-hydrogen) atoms. The standard InChI is InChI=1S/3CH2O3.3K.4Na.2H/c3*2-1(3)4;;;;;;;;;/h3*(H2,2,3,4);;;;;;;;;/q;;;7*+1;2*-1/p-5. The minimum atomic E-state index is -2.33. The van der Waals surface area contributed by atoms with E-state index in [-0.39, 0.29) is 275 Å². The topological polar surface area (TPSA) is 187 Å².